The molecular formula is C11H9ClO4. The number of carbonyl (C=O) groups is 2. The summed E-state index contributed by atoms with van der Waals surface area (Å²) in [7, 11) is 1.13. The van der Waals surface area contributed by atoms with Crippen molar-refractivity contribution >= 4 is 23.4 Å². The van der Waals surface area contributed by atoms with Crippen LogP contribution in [0.4, 0.5) is 0 Å². The molecule has 84 valence electrons. The molecule has 4 nitrogen and oxygen atoms in total. The van der Waals surface area contributed by atoms with Crippen molar-refractivity contribution in [2.75, 3.05) is 7.11 Å². The summed E-state index contributed by atoms with van der Waals surface area (Å²) in [6.45, 7) is 0. The number of benzene rings is 1. The van der Waals surface area contributed by atoms with Crippen molar-refractivity contribution in [1.82, 2.24) is 0 Å². The second-order valence-corrected chi connectivity index (χ2v) is 4.10. The number of carbonyl (C=O) groups excluding carboxylic acids is 2. The van der Waals surface area contributed by atoms with Gasteiger partial charge in [-0.3, -0.25) is 4.79 Å². The molecule has 1 aromatic rings. The Morgan fingerprint density at radius 3 is 2.88 bits per heavy atom. The van der Waals surface area contributed by atoms with Crippen molar-refractivity contribution in [2.24, 2.45) is 0 Å². The fourth-order valence-electron chi connectivity index (χ4n) is 1.84. The van der Waals surface area contributed by atoms with Crippen LogP contribution < -0.4 is 0 Å². The van der Waals surface area contributed by atoms with Crippen molar-refractivity contribution in [1.29, 1.82) is 0 Å². The molecule has 1 aliphatic carbocycles. The second-order valence-electron chi connectivity index (χ2n) is 3.66. The molecule has 2 rings (SSSR count). The van der Waals surface area contributed by atoms with E-state index < -0.39 is 17.4 Å². The van der Waals surface area contributed by atoms with E-state index in [0.717, 1.165) is 7.11 Å². The molecule has 0 bridgehead atoms. The Bertz CT molecular complexity index is 483. The number of fused-ring (bicyclic) bond motifs is 1. The molecule has 0 amide bonds. The first-order valence-corrected chi connectivity index (χ1v) is 5.01. The molecule has 0 saturated heterocycles. The van der Waals surface area contributed by atoms with Gasteiger partial charge in [0.15, 0.2) is 0 Å². The summed E-state index contributed by atoms with van der Waals surface area (Å²) in [4.78, 5) is 23.2. The molecule has 1 atom stereocenters. The summed E-state index contributed by atoms with van der Waals surface area (Å²) in [6.07, 6.45) is -0.0889. The van der Waals surface area contributed by atoms with E-state index in [2.05, 4.69) is 4.74 Å². The van der Waals surface area contributed by atoms with Crippen molar-refractivity contribution in [3.63, 3.8) is 0 Å². The van der Waals surface area contributed by atoms with Gasteiger partial charge in [0, 0.05) is 17.0 Å². The lowest BCUT2D eigenvalue weighted by Gasteiger charge is -2.16. The van der Waals surface area contributed by atoms with Crippen LogP contribution in [0.25, 0.3) is 0 Å². The van der Waals surface area contributed by atoms with Crippen molar-refractivity contribution in [3.8, 4) is 0 Å². The molecule has 5 heteroatoms. The van der Waals surface area contributed by atoms with Crippen LogP contribution in [-0.2, 0) is 16.0 Å². The van der Waals surface area contributed by atoms with Gasteiger partial charge in [0.05, 0.1) is 7.11 Å². The third-order valence-corrected chi connectivity index (χ3v) is 2.89. The fraction of sp³-hybridized carbons (Fsp3) is 0.273. The maximum Gasteiger partial charge on any atom is 0.346 e. The number of methoxy groups -OCH3 is 1. The number of hydrogen-bond donors (Lipinski definition) is 1. The Morgan fingerprint density at radius 2 is 2.25 bits per heavy atom. The molecule has 1 aromatic carbocycles. The fourth-order valence-corrected chi connectivity index (χ4v) is 2.04. The summed E-state index contributed by atoms with van der Waals surface area (Å²) < 4.78 is 4.43. The summed E-state index contributed by atoms with van der Waals surface area (Å²) in [5.41, 5.74) is -1.22. The second kappa shape index (κ2) is 3.57. The van der Waals surface area contributed by atoms with Gasteiger partial charge < -0.3 is 9.84 Å². The van der Waals surface area contributed by atoms with Crippen LogP contribution in [0.3, 0.4) is 0 Å². The molecule has 0 spiro atoms. The molecule has 0 saturated carbocycles. The zero-order chi connectivity index (χ0) is 11.9. The average Bonchev–Trinajstić information content (AvgIpc) is 2.51. The number of rotatable bonds is 1. The van der Waals surface area contributed by atoms with Gasteiger partial charge in [-0.1, -0.05) is 11.6 Å². The van der Waals surface area contributed by atoms with Crippen LogP contribution in [0, 0.1) is 0 Å². The molecule has 16 heavy (non-hydrogen) atoms. The van der Waals surface area contributed by atoms with Crippen LogP contribution in [0.2, 0.25) is 5.02 Å². The Morgan fingerprint density at radius 1 is 1.56 bits per heavy atom. The van der Waals surface area contributed by atoms with E-state index >= 15 is 0 Å². The van der Waals surface area contributed by atoms with E-state index in [1.54, 1.807) is 12.1 Å². The third kappa shape index (κ3) is 1.42. The Balaban J connectivity index is 2.48. The van der Waals surface area contributed by atoms with Gasteiger partial charge in [-0.15, -0.1) is 0 Å². The Labute approximate surface area is 96.8 Å². The highest BCUT2D eigenvalue weighted by atomic mass is 35.5. The van der Waals surface area contributed by atoms with Gasteiger partial charge >= 0.3 is 5.97 Å². The minimum absolute atomic E-state index is 0.0889. The highest BCUT2D eigenvalue weighted by molar-refractivity contribution is 6.31. The third-order valence-electron chi connectivity index (χ3n) is 2.66. The largest absolute Gasteiger partial charge is 0.467 e. The molecule has 1 aliphatic rings. The SMILES string of the molecule is COC(=O)C1(O)Cc2cc(Cl)ccc2C1=O. The van der Waals surface area contributed by atoms with Gasteiger partial charge in [-0.25, -0.2) is 4.79 Å². The Hall–Kier alpha value is -1.39. The molecule has 0 radical (unpaired) electrons. The normalized spacial score (nSPS) is 23.1. The highest BCUT2D eigenvalue weighted by Crippen LogP contribution is 2.32. The van der Waals surface area contributed by atoms with Gasteiger partial charge in [0.25, 0.3) is 0 Å². The number of ketones is 1. The average molecular weight is 241 g/mol. The summed E-state index contributed by atoms with van der Waals surface area (Å²) in [5.74, 6) is -1.57. The van der Waals surface area contributed by atoms with Crippen molar-refractivity contribution in [2.45, 2.75) is 12.0 Å². The van der Waals surface area contributed by atoms with E-state index in [9.17, 15) is 14.7 Å². The molecule has 1 unspecified atom stereocenters. The zero-order valence-corrected chi connectivity index (χ0v) is 9.25. The molecule has 0 aliphatic heterocycles. The molecule has 0 fully saturated rings. The van der Waals surface area contributed by atoms with E-state index in [1.807, 2.05) is 0 Å². The first-order chi connectivity index (χ1) is 7.49. The maximum absolute atomic E-state index is 11.8. The monoisotopic (exact) mass is 240 g/mol. The number of hydrogen-bond acceptors (Lipinski definition) is 4. The topological polar surface area (TPSA) is 63.6 Å². The molecule has 0 heterocycles. The van der Waals surface area contributed by atoms with E-state index in [0.29, 0.717) is 16.1 Å². The lowest BCUT2D eigenvalue weighted by Crippen LogP contribution is -2.45. The predicted octanol–water partition coefficient (Wildman–Crippen LogP) is 0.983. The van der Waals surface area contributed by atoms with E-state index in [4.69, 9.17) is 11.6 Å². The minimum Gasteiger partial charge on any atom is -0.467 e. The lowest BCUT2D eigenvalue weighted by molar-refractivity contribution is -0.156. The van der Waals surface area contributed by atoms with Gasteiger partial charge in [0.2, 0.25) is 11.4 Å². The lowest BCUT2D eigenvalue weighted by atomic mass is 10.00. The molecular weight excluding hydrogens is 232 g/mol. The summed E-state index contributed by atoms with van der Waals surface area (Å²) in [5, 5.41) is 10.4. The van der Waals surface area contributed by atoms with Gasteiger partial charge in [0.1, 0.15) is 0 Å². The van der Waals surface area contributed by atoms with E-state index in [1.165, 1.54) is 6.07 Å². The van der Waals surface area contributed by atoms with Crippen LogP contribution in [0.5, 0.6) is 0 Å². The Kier molecular flexibility index (Phi) is 2.48. The first-order valence-electron chi connectivity index (χ1n) is 4.63. The zero-order valence-electron chi connectivity index (χ0n) is 8.49. The predicted molar refractivity (Wildman–Crippen MR) is 56.5 cm³/mol. The highest BCUT2D eigenvalue weighted by Gasteiger charge is 2.51. The quantitative estimate of drug-likeness (QED) is 0.587. The number of esters is 1. The van der Waals surface area contributed by atoms with E-state index in [-0.39, 0.29) is 6.42 Å². The first kappa shape index (κ1) is 11.1. The number of ether oxygens (including phenoxy) is 1. The minimum atomic E-state index is -2.10. The maximum atomic E-state index is 11.8. The number of Topliss-reactive ketones (excluding diaryl/α,β-unsaturated/α-hetero) is 1. The molecule has 1 N–H and O–H groups in total. The molecule has 0 aromatic heterocycles. The van der Waals surface area contributed by atoms with Crippen LogP contribution in [0.15, 0.2) is 18.2 Å². The van der Waals surface area contributed by atoms with Crippen molar-refractivity contribution < 1.29 is 19.4 Å². The van der Waals surface area contributed by atoms with Crippen LogP contribution >= 0.6 is 11.6 Å². The van der Waals surface area contributed by atoms with Crippen molar-refractivity contribution in [3.05, 3.63) is 34.3 Å². The summed E-state index contributed by atoms with van der Waals surface area (Å²) >= 11 is 5.77. The standard InChI is InChI=1S/C11H9ClO4/c1-16-10(14)11(15)5-6-4-7(12)2-3-8(6)9(11)13/h2-4,15H,5H2,1H3. The van der Waals surface area contributed by atoms with Crippen LogP contribution in [-0.4, -0.2) is 29.6 Å². The number of aliphatic hydroxyl groups is 1. The smallest absolute Gasteiger partial charge is 0.346 e. The summed E-state index contributed by atoms with van der Waals surface area (Å²) in [6, 6.07) is 4.61. The van der Waals surface area contributed by atoms with Gasteiger partial charge in [-0.05, 0) is 23.8 Å². The number of halogens is 1. The van der Waals surface area contributed by atoms with Crippen LogP contribution in [0.1, 0.15) is 15.9 Å². The van der Waals surface area contributed by atoms with Gasteiger partial charge in [-0.2, -0.15) is 0 Å².